The van der Waals surface area contributed by atoms with Gasteiger partial charge in [0.25, 0.3) is 0 Å². The van der Waals surface area contributed by atoms with Gasteiger partial charge in [-0.2, -0.15) is 0 Å². The number of hydrogen-bond acceptors (Lipinski definition) is 3. The molecule has 3 heteroatoms. The smallest absolute Gasteiger partial charge is 0.0590 e. The van der Waals surface area contributed by atoms with E-state index >= 15 is 0 Å². The molecule has 2 heterocycles. The van der Waals surface area contributed by atoms with Crippen LogP contribution in [0.1, 0.15) is 32.1 Å². The first-order chi connectivity index (χ1) is 7.00. The lowest BCUT2D eigenvalue weighted by molar-refractivity contribution is 0.151. The van der Waals surface area contributed by atoms with Crippen LogP contribution in [0.4, 0.5) is 0 Å². The Bertz CT molecular complexity index is 66.6. The van der Waals surface area contributed by atoms with Crippen molar-refractivity contribution in [1.82, 2.24) is 10.6 Å². The van der Waals surface area contributed by atoms with Crippen molar-refractivity contribution in [3.05, 3.63) is 0 Å². The van der Waals surface area contributed by atoms with E-state index in [-0.39, 0.29) is 0 Å². The Hall–Kier alpha value is -0.120. The van der Waals surface area contributed by atoms with Crippen LogP contribution in [0.3, 0.4) is 0 Å². The van der Waals surface area contributed by atoms with Crippen molar-refractivity contribution in [1.29, 1.82) is 0 Å². The predicted molar refractivity (Wildman–Crippen MR) is 59.6 cm³/mol. The first kappa shape index (κ1) is 12.0. The van der Waals surface area contributed by atoms with Crippen molar-refractivity contribution in [2.45, 2.75) is 32.1 Å². The second-order valence-corrected chi connectivity index (χ2v) is 3.88. The van der Waals surface area contributed by atoms with Gasteiger partial charge in [-0.1, -0.05) is 12.8 Å². The molecule has 14 heavy (non-hydrogen) atoms. The van der Waals surface area contributed by atoms with Crippen LogP contribution in [0.5, 0.6) is 0 Å². The van der Waals surface area contributed by atoms with Crippen LogP contribution in [0.2, 0.25) is 0 Å². The van der Waals surface area contributed by atoms with Crippen LogP contribution < -0.4 is 10.6 Å². The van der Waals surface area contributed by atoms with Gasteiger partial charge in [-0.15, -0.1) is 0 Å². The zero-order valence-corrected chi connectivity index (χ0v) is 9.19. The third-order valence-electron chi connectivity index (χ3n) is 2.52. The molecule has 2 fully saturated rings. The number of hydrogen-bond donors (Lipinski definition) is 2. The summed E-state index contributed by atoms with van der Waals surface area (Å²) in [5.74, 6) is 0. The Morgan fingerprint density at radius 3 is 2.00 bits per heavy atom. The van der Waals surface area contributed by atoms with E-state index < -0.39 is 0 Å². The molecule has 0 aromatic carbocycles. The van der Waals surface area contributed by atoms with E-state index in [9.17, 15) is 0 Å². The molecule has 0 atom stereocenters. The standard InChI is InChI=1S/C6H13N.C5H11NO/c1-2-4-6-7-5-3-1;1-2-6-3-5-7-4-1/h7H,1-6H2;6H,1-5H2. The van der Waals surface area contributed by atoms with E-state index in [0.29, 0.717) is 0 Å². The molecule has 0 aliphatic carbocycles. The maximum atomic E-state index is 5.13. The number of rotatable bonds is 0. The van der Waals surface area contributed by atoms with Crippen molar-refractivity contribution in [3.63, 3.8) is 0 Å². The second kappa shape index (κ2) is 9.44. The van der Waals surface area contributed by atoms with Gasteiger partial charge in [-0.3, -0.25) is 0 Å². The van der Waals surface area contributed by atoms with Gasteiger partial charge in [0, 0.05) is 13.2 Å². The van der Waals surface area contributed by atoms with Gasteiger partial charge in [0.05, 0.1) is 6.61 Å². The van der Waals surface area contributed by atoms with Gasteiger partial charge in [-0.05, 0) is 38.9 Å². The predicted octanol–water partition coefficient (Wildman–Crippen LogP) is 1.15. The third-order valence-corrected chi connectivity index (χ3v) is 2.52. The molecule has 0 bridgehead atoms. The molecule has 2 aliphatic heterocycles. The lowest BCUT2D eigenvalue weighted by Gasteiger charge is -1.91. The molecule has 3 nitrogen and oxygen atoms in total. The van der Waals surface area contributed by atoms with E-state index in [0.717, 1.165) is 26.3 Å². The number of ether oxygens (including phenoxy) is 1. The molecule has 84 valence electrons. The molecule has 2 aliphatic rings. The normalized spacial score (nSPS) is 24.0. The molecule has 0 spiro atoms. The lowest BCUT2D eigenvalue weighted by atomic mass is 10.2. The molecule has 0 unspecified atom stereocenters. The summed E-state index contributed by atoms with van der Waals surface area (Å²) in [6.07, 6.45) is 6.82. The topological polar surface area (TPSA) is 33.3 Å². The summed E-state index contributed by atoms with van der Waals surface area (Å²) >= 11 is 0. The summed E-state index contributed by atoms with van der Waals surface area (Å²) in [7, 11) is 0. The van der Waals surface area contributed by atoms with Crippen molar-refractivity contribution in [3.8, 4) is 0 Å². The Labute approximate surface area is 87.6 Å². The van der Waals surface area contributed by atoms with Gasteiger partial charge in [0.2, 0.25) is 0 Å². The van der Waals surface area contributed by atoms with E-state index in [1.165, 1.54) is 45.2 Å². The van der Waals surface area contributed by atoms with Gasteiger partial charge in [0.1, 0.15) is 0 Å². The largest absolute Gasteiger partial charge is 0.380 e. The van der Waals surface area contributed by atoms with Gasteiger partial charge in [-0.25, -0.2) is 0 Å². The SMILES string of the molecule is C1CCCNCC1.C1CNCCOC1. The van der Waals surface area contributed by atoms with Crippen LogP contribution >= 0.6 is 0 Å². The van der Waals surface area contributed by atoms with E-state index in [4.69, 9.17) is 4.74 Å². The molecule has 0 amide bonds. The van der Waals surface area contributed by atoms with Gasteiger partial charge >= 0.3 is 0 Å². The minimum absolute atomic E-state index is 0.889. The first-order valence-electron chi connectivity index (χ1n) is 5.99. The Kier molecular flexibility index (Phi) is 8.06. The van der Waals surface area contributed by atoms with Gasteiger partial charge < -0.3 is 15.4 Å². The summed E-state index contributed by atoms with van der Waals surface area (Å²) in [5, 5.41) is 6.57. The molecule has 0 aromatic rings. The van der Waals surface area contributed by atoms with Crippen LogP contribution in [0.15, 0.2) is 0 Å². The second-order valence-electron chi connectivity index (χ2n) is 3.88. The van der Waals surface area contributed by atoms with E-state index in [1.807, 2.05) is 0 Å². The summed E-state index contributed by atoms with van der Waals surface area (Å²) in [4.78, 5) is 0. The fourth-order valence-corrected chi connectivity index (χ4v) is 1.65. The van der Waals surface area contributed by atoms with E-state index in [2.05, 4.69) is 10.6 Å². The molecule has 0 saturated carbocycles. The summed E-state index contributed by atoms with van der Waals surface area (Å²) in [5.41, 5.74) is 0. The van der Waals surface area contributed by atoms with Crippen molar-refractivity contribution in [2.24, 2.45) is 0 Å². The third kappa shape index (κ3) is 7.30. The molecule has 2 saturated heterocycles. The fourth-order valence-electron chi connectivity index (χ4n) is 1.65. The molecule has 0 aromatic heterocycles. The molecule has 2 rings (SSSR count). The van der Waals surface area contributed by atoms with Crippen molar-refractivity contribution in [2.75, 3.05) is 39.4 Å². The zero-order valence-electron chi connectivity index (χ0n) is 9.19. The molecular weight excluding hydrogens is 176 g/mol. The Balaban J connectivity index is 0.000000140. The summed E-state index contributed by atoms with van der Waals surface area (Å²) < 4.78 is 5.13. The quantitative estimate of drug-likeness (QED) is 0.615. The Morgan fingerprint density at radius 1 is 0.571 bits per heavy atom. The van der Waals surface area contributed by atoms with Crippen LogP contribution in [0.25, 0.3) is 0 Å². The molecular formula is C11H24N2O. The average molecular weight is 200 g/mol. The maximum Gasteiger partial charge on any atom is 0.0590 e. The average Bonchev–Trinajstić information content (AvgIpc) is 2.68. The maximum absolute atomic E-state index is 5.13. The molecule has 2 N–H and O–H groups in total. The van der Waals surface area contributed by atoms with Gasteiger partial charge in [0.15, 0.2) is 0 Å². The Morgan fingerprint density at radius 2 is 1.21 bits per heavy atom. The van der Waals surface area contributed by atoms with Crippen LogP contribution in [0, 0.1) is 0 Å². The first-order valence-corrected chi connectivity index (χ1v) is 5.99. The highest BCUT2D eigenvalue weighted by Gasteiger charge is 1.94. The highest BCUT2D eigenvalue weighted by atomic mass is 16.5. The minimum atomic E-state index is 0.889. The summed E-state index contributed by atoms with van der Waals surface area (Å²) in [6.45, 7) is 6.48. The lowest BCUT2D eigenvalue weighted by Crippen LogP contribution is -2.15. The van der Waals surface area contributed by atoms with Crippen LogP contribution in [-0.2, 0) is 4.74 Å². The fraction of sp³-hybridized carbons (Fsp3) is 1.00. The van der Waals surface area contributed by atoms with Crippen LogP contribution in [-0.4, -0.2) is 39.4 Å². The van der Waals surface area contributed by atoms with Crippen molar-refractivity contribution < 1.29 is 4.74 Å². The highest BCUT2D eigenvalue weighted by molar-refractivity contribution is 4.54. The zero-order chi connectivity index (χ0) is 9.90. The highest BCUT2D eigenvalue weighted by Crippen LogP contribution is 2.00. The summed E-state index contributed by atoms with van der Waals surface area (Å²) in [6, 6.07) is 0. The number of nitrogens with one attached hydrogen (secondary N) is 2. The van der Waals surface area contributed by atoms with Crippen molar-refractivity contribution >= 4 is 0 Å². The monoisotopic (exact) mass is 200 g/mol. The minimum Gasteiger partial charge on any atom is -0.380 e. The van der Waals surface area contributed by atoms with E-state index in [1.54, 1.807) is 0 Å². The molecule has 0 radical (unpaired) electrons.